The second-order valence-corrected chi connectivity index (χ2v) is 7.12. The summed E-state index contributed by atoms with van der Waals surface area (Å²) in [6.45, 7) is 0.0379. The summed E-state index contributed by atoms with van der Waals surface area (Å²) >= 11 is 14.8. The van der Waals surface area contributed by atoms with Gasteiger partial charge in [0.15, 0.2) is 5.13 Å². The zero-order chi connectivity index (χ0) is 15.0. The summed E-state index contributed by atoms with van der Waals surface area (Å²) in [6, 6.07) is 3.49. The van der Waals surface area contributed by atoms with Crippen molar-refractivity contribution >= 4 is 73.5 Å². The van der Waals surface area contributed by atoms with Crippen molar-refractivity contribution in [3.63, 3.8) is 0 Å². The predicted molar refractivity (Wildman–Crippen MR) is 87.3 cm³/mol. The second kappa shape index (κ2) is 6.00. The van der Waals surface area contributed by atoms with Crippen molar-refractivity contribution in [2.45, 2.75) is 0 Å². The molecule has 1 aliphatic heterocycles. The number of rotatable bonds is 3. The molecule has 1 N–H and O–H groups in total. The molecule has 0 radical (unpaired) electrons. The molecular formula is C12H9Cl2N3O2S2. The van der Waals surface area contributed by atoms with Gasteiger partial charge in [-0.15, -0.1) is 11.8 Å². The Balaban J connectivity index is 1.74. The van der Waals surface area contributed by atoms with E-state index < -0.39 is 0 Å². The van der Waals surface area contributed by atoms with Gasteiger partial charge >= 0.3 is 0 Å². The Morgan fingerprint density at radius 2 is 2.24 bits per heavy atom. The monoisotopic (exact) mass is 361 g/mol. The van der Waals surface area contributed by atoms with Crippen molar-refractivity contribution in [2.75, 3.05) is 23.5 Å². The van der Waals surface area contributed by atoms with Crippen molar-refractivity contribution in [3.8, 4) is 0 Å². The van der Waals surface area contributed by atoms with Crippen LogP contribution in [0.5, 0.6) is 0 Å². The quantitative estimate of drug-likeness (QED) is 0.912. The molecule has 1 fully saturated rings. The molecule has 1 aromatic carbocycles. The molecule has 0 aliphatic carbocycles. The number of hydrogen-bond donors (Lipinski definition) is 1. The Bertz CT molecular complexity index is 735. The van der Waals surface area contributed by atoms with Gasteiger partial charge in [0, 0.05) is 0 Å². The Hall–Kier alpha value is -1.02. The molecule has 1 aromatic heterocycles. The van der Waals surface area contributed by atoms with E-state index in [1.54, 1.807) is 12.1 Å². The van der Waals surface area contributed by atoms with Gasteiger partial charge in [-0.3, -0.25) is 9.59 Å². The number of nitrogens with one attached hydrogen (secondary N) is 1. The van der Waals surface area contributed by atoms with Crippen LogP contribution in [0.15, 0.2) is 12.1 Å². The number of thioether (sulfide) groups is 1. The summed E-state index contributed by atoms with van der Waals surface area (Å²) in [5.74, 6) is 0.692. The molecule has 3 rings (SSSR count). The van der Waals surface area contributed by atoms with Crippen LogP contribution in [0.3, 0.4) is 0 Å². The largest absolute Gasteiger partial charge is 0.323 e. The summed E-state index contributed by atoms with van der Waals surface area (Å²) in [7, 11) is 0. The van der Waals surface area contributed by atoms with E-state index in [1.807, 2.05) is 0 Å². The molecule has 0 saturated carbocycles. The summed E-state index contributed by atoms with van der Waals surface area (Å²) in [4.78, 5) is 29.2. The molecule has 0 bridgehead atoms. The summed E-state index contributed by atoms with van der Waals surface area (Å²) in [6.07, 6.45) is 0. The fourth-order valence-electron chi connectivity index (χ4n) is 1.86. The Kier molecular flexibility index (Phi) is 4.26. The zero-order valence-electron chi connectivity index (χ0n) is 10.6. The number of amides is 2. The van der Waals surface area contributed by atoms with E-state index in [9.17, 15) is 9.59 Å². The molecule has 5 nitrogen and oxygen atoms in total. The number of thiazole rings is 1. The maximum atomic E-state index is 11.9. The lowest BCUT2D eigenvalue weighted by atomic mass is 10.3. The molecule has 2 amide bonds. The molecule has 0 spiro atoms. The molecule has 9 heteroatoms. The van der Waals surface area contributed by atoms with Gasteiger partial charge in [0.05, 0.1) is 26.4 Å². The fourth-order valence-corrected chi connectivity index (χ4v) is 4.07. The molecule has 0 atom stereocenters. The first-order chi connectivity index (χ1) is 10.0. The van der Waals surface area contributed by atoms with Gasteiger partial charge in [-0.1, -0.05) is 34.5 Å². The second-order valence-electron chi connectivity index (χ2n) is 4.34. The van der Waals surface area contributed by atoms with E-state index in [0.29, 0.717) is 32.3 Å². The van der Waals surface area contributed by atoms with Gasteiger partial charge in [0.25, 0.3) is 0 Å². The Morgan fingerprint density at radius 1 is 1.43 bits per heavy atom. The van der Waals surface area contributed by atoms with Gasteiger partial charge in [-0.25, -0.2) is 4.98 Å². The molecule has 21 heavy (non-hydrogen) atoms. The molecule has 2 aromatic rings. The summed E-state index contributed by atoms with van der Waals surface area (Å²) < 4.78 is 0.840. The van der Waals surface area contributed by atoms with Crippen LogP contribution in [-0.4, -0.2) is 39.9 Å². The molecule has 0 unspecified atom stereocenters. The van der Waals surface area contributed by atoms with Gasteiger partial charge in [0.1, 0.15) is 12.1 Å². The number of benzene rings is 1. The van der Waals surface area contributed by atoms with Crippen molar-refractivity contribution in [1.29, 1.82) is 0 Å². The minimum absolute atomic E-state index is 0.0192. The van der Waals surface area contributed by atoms with E-state index in [4.69, 9.17) is 23.2 Å². The molecular weight excluding hydrogens is 353 g/mol. The van der Waals surface area contributed by atoms with Crippen LogP contribution in [0, 0.1) is 0 Å². The lowest BCUT2D eigenvalue weighted by molar-refractivity contribution is -0.130. The third kappa shape index (κ3) is 3.11. The van der Waals surface area contributed by atoms with E-state index in [0.717, 1.165) is 4.70 Å². The third-order valence-corrected chi connectivity index (χ3v) is 5.53. The summed E-state index contributed by atoms with van der Waals surface area (Å²) in [5.41, 5.74) is 0.567. The third-order valence-electron chi connectivity index (χ3n) is 2.86. The minimum Gasteiger partial charge on any atom is -0.323 e. The average Bonchev–Trinajstić information content (AvgIpc) is 3.01. The number of nitrogens with zero attached hydrogens (tertiary/aromatic N) is 2. The number of hydrogen-bond acceptors (Lipinski definition) is 5. The molecule has 1 aliphatic rings. The molecule has 1 saturated heterocycles. The number of carbonyl (C=O) groups is 2. The standard InChI is InChI=1S/C12H9Cl2N3O2S2/c13-6-1-2-7-11(10(6)14)16-12(21-7)15-8(18)3-17-5-20-4-9(17)19/h1-2H,3-5H2,(H,15,16,18). The number of fused-ring (bicyclic) bond motifs is 1. The maximum Gasteiger partial charge on any atom is 0.245 e. The van der Waals surface area contributed by atoms with Crippen LogP contribution in [0.2, 0.25) is 10.0 Å². The first-order valence-corrected chi connectivity index (χ1v) is 8.67. The van der Waals surface area contributed by atoms with Crippen molar-refractivity contribution in [1.82, 2.24) is 9.88 Å². The average molecular weight is 362 g/mol. The Morgan fingerprint density at radius 3 is 2.95 bits per heavy atom. The fraction of sp³-hybridized carbons (Fsp3) is 0.250. The highest BCUT2D eigenvalue weighted by molar-refractivity contribution is 8.00. The van der Waals surface area contributed by atoms with Crippen LogP contribution in [-0.2, 0) is 9.59 Å². The number of carbonyl (C=O) groups excluding carboxylic acids is 2. The molecule has 2 heterocycles. The highest BCUT2D eigenvalue weighted by Gasteiger charge is 2.23. The number of aromatic nitrogens is 1. The topological polar surface area (TPSA) is 62.3 Å². The van der Waals surface area contributed by atoms with E-state index in [-0.39, 0.29) is 18.4 Å². The first kappa shape index (κ1) is 14.9. The minimum atomic E-state index is -0.271. The maximum absolute atomic E-state index is 11.9. The van der Waals surface area contributed by atoms with Crippen molar-refractivity contribution in [2.24, 2.45) is 0 Å². The van der Waals surface area contributed by atoms with Crippen LogP contribution in [0.4, 0.5) is 5.13 Å². The predicted octanol–water partition coefficient (Wildman–Crippen LogP) is 3.07. The summed E-state index contributed by atoms with van der Waals surface area (Å²) in [5, 5.41) is 3.93. The van der Waals surface area contributed by atoms with Crippen molar-refractivity contribution in [3.05, 3.63) is 22.2 Å². The van der Waals surface area contributed by atoms with Crippen molar-refractivity contribution < 1.29 is 9.59 Å². The smallest absolute Gasteiger partial charge is 0.245 e. The SMILES string of the molecule is O=C(CN1CSCC1=O)Nc1nc2c(Cl)c(Cl)ccc2s1. The van der Waals surface area contributed by atoms with E-state index >= 15 is 0 Å². The number of halogens is 2. The van der Waals surface area contributed by atoms with Gasteiger partial charge in [-0.2, -0.15) is 0 Å². The lowest BCUT2D eigenvalue weighted by Crippen LogP contribution is -2.34. The normalized spacial score (nSPS) is 15.0. The van der Waals surface area contributed by atoms with E-state index in [2.05, 4.69) is 10.3 Å². The van der Waals surface area contributed by atoms with Crippen LogP contribution >= 0.6 is 46.3 Å². The highest BCUT2D eigenvalue weighted by Crippen LogP contribution is 2.35. The van der Waals surface area contributed by atoms with Gasteiger partial charge in [-0.05, 0) is 12.1 Å². The molecule has 110 valence electrons. The lowest BCUT2D eigenvalue weighted by Gasteiger charge is -2.12. The van der Waals surface area contributed by atoms with Crippen LogP contribution in [0.1, 0.15) is 0 Å². The van der Waals surface area contributed by atoms with Crippen LogP contribution in [0.25, 0.3) is 10.2 Å². The van der Waals surface area contributed by atoms with Gasteiger partial charge < -0.3 is 10.2 Å². The highest BCUT2D eigenvalue weighted by atomic mass is 35.5. The van der Waals surface area contributed by atoms with E-state index in [1.165, 1.54) is 28.0 Å². The Labute approximate surface area is 138 Å². The first-order valence-electron chi connectivity index (χ1n) is 5.94. The van der Waals surface area contributed by atoms with Crippen LogP contribution < -0.4 is 5.32 Å². The number of anilines is 1. The van der Waals surface area contributed by atoms with Gasteiger partial charge in [0.2, 0.25) is 11.8 Å². The zero-order valence-corrected chi connectivity index (χ0v) is 13.7.